The number of carbonyl (C=O) groups excluding carboxylic acids is 3. The number of halogens is 3. The molecule has 0 bridgehead atoms. The van der Waals surface area contributed by atoms with Gasteiger partial charge in [-0.05, 0) is 49.2 Å². The van der Waals surface area contributed by atoms with Crippen LogP contribution in [0.1, 0.15) is 34.8 Å². The van der Waals surface area contributed by atoms with Crippen molar-refractivity contribution >= 4 is 29.2 Å². The molecule has 1 heterocycles. The summed E-state index contributed by atoms with van der Waals surface area (Å²) in [5.41, 5.74) is 0.724. The molecule has 1 fully saturated rings. The molecular formula is C26H33F3N6O3. The van der Waals surface area contributed by atoms with Gasteiger partial charge in [-0.15, -0.1) is 0 Å². The van der Waals surface area contributed by atoms with Crippen LogP contribution in [-0.2, 0) is 17.5 Å². The first-order valence-electron chi connectivity index (χ1n) is 12.3. The number of anilines is 2. The van der Waals surface area contributed by atoms with Crippen molar-refractivity contribution in [1.82, 2.24) is 20.9 Å². The number of nitrogens with one attached hydrogen (secondary N) is 4. The third kappa shape index (κ3) is 8.10. The van der Waals surface area contributed by atoms with Gasteiger partial charge in [-0.3, -0.25) is 14.5 Å². The molecule has 1 saturated heterocycles. The second-order valence-corrected chi connectivity index (χ2v) is 9.27. The highest BCUT2D eigenvalue weighted by atomic mass is 19.4. The van der Waals surface area contributed by atoms with Crippen molar-refractivity contribution in [3.8, 4) is 0 Å². The van der Waals surface area contributed by atoms with Crippen molar-refractivity contribution in [1.29, 1.82) is 0 Å². The Hall–Kier alpha value is -3.80. The Morgan fingerprint density at radius 1 is 1.05 bits per heavy atom. The van der Waals surface area contributed by atoms with Gasteiger partial charge in [-0.25, -0.2) is 4.79 Å². The van der Waals surface area contributed by atoms with Crippen LogP contribution in [0.15, 0.2) is 42.5 Å². The second-order valence-electron chi connectivity index (χ2n) is 9.27. The minimum absolute atomic E-state index is 0.105. The van der Waals surface area contributed by atoms with Crippen molar-refractivity contribution in [2.45, 2.75) is 32.1 Å². The molecule has 0 radical (unpaired) electrons. The molecule has 0 saturated carbocycles. The highest BCUT2D eigenvalue weighted by molar-refractivity contribution is 6.04. The van der Waals surface area contributed by atoms with Crippen molar-refractivity contribution < 1.29 is 27.6 Å². The molecule has 1 aliphatic heterocycles. The Morgan fingerprint density at radius 2 is 1.76 bits per heavy atom. The quantitative estimate of drug-likeness (QED) is 0.396. The van der Waals surface area contributed by atoms with E-state index in [1.54, 1.807) is 6.92 Å². The summed E-state index contributed by atoms with van der Waals surface area (Å²) in [6.45, 7) is 3.72. The Morgan fingerprint density at radius 3 is 2.39 bits per heavy atom. The highest BCUT2D eigenvalue weighted by Gasteiger charge is 2.32. The van der Waals surface area contributed by atoms with E-state index < -0.39 is 41.7 Å². The predicted molar refractivity (Wildman–Crippen MR) is 139 cm³/mol. The third-order valence-corrected chi connectivity index (χ3v) is 6.08. The number of carbonyl (C=O) groups is 3. The van der Waals surface area contributed by atoms with Gasteiger partial charge in [-0.2, -0.15) is 13.2 Å². The molecule has 206 valence electrons. The van der Waals surface area contributed by atoms with E-state index >= 15 is 0 Å². The lowest BCUT2D eigenvalue weighted by molar-refractivity contribution is -0.137. The summed E-state index contributed by atoms with van der Waals surface area (Å²) in [6, 6.07) is 9.89. The molecule has 12 heteroatoms. The molecule has 0 aromatic heterocycles. The first-order valence-corrected chi connectivity index (χ1v) is 12.3. The van der Waals surface area contributed by atoms with Crippen molar-refractivity contribution in [3.05, 3.63) is 59.2 Å². The summed E-state index contributed by atoms with van der Waals surface area (Å²) in [4.78, 5) is 41.3. The SMILES string of the molecule is CCNC(=O)Nc1ccc(C(F)(F)F)cc1C(=O)NCC(=O)N[C@H]1CCN(Cc2ccc(N(C)C)cc2)C1. The van der Waals surface area contributed by atoms with Gasteiger partial charge in [0.15, 0.2) is 0 Å². The summed E-state index contributed by atoms with van der Waals surface area (Å²) < 4.78 is 39.6. The maximum Gasteiger partial charge on any atom is 0.416 e. The molecule has 0 unspecified atom stereocenters. The average Bonchev–Trinajstić information content (AvgIpc) is 3.29. The van der Waals surface area contributed by atoms with E-state index in [9.17, 15) is 27.6 Å². The summed E-state index contributed by atoms with van der Waals surface area (Å²) in [6.07, 6.45) is -3.94. The van der Waals surface area contributed by atoms with E-state index in [0.29, 0.717) is 12.6 Å². The summed E-state index contributed by atoms with van der Waals surface area (Å²) in [7, 11) is 3.96. The van der Waals surface area contributed by atoms with Gasteiger partial charge in [0.2, 0.25) is 5.91 Å². The average molecular weight is 535 g/mol. The van der Waals surface area contributed by atoms with Gasteiger partial charge in [0, 0.05) is 52.0 Å². The number of rotatable bonds is 9. The molecule has 0 aliphatic carbocycles. The van der Waals surface area contributed by atoms with Gasteiger partial charge in [0.25, 0.3) is 5.91 Å². The monoisotopic (exact) mass is 534 g/mol. The van der Waals surface area contributed by atoms with Gasteiger partial charge in [0.1, 0.15) is 0 Å². The van der Waals surface area contributed by atoms with Crippen LogP contribution in [0.3, 0.4) is 0 Å². The summed E-state index contributed by atoms with van der Waals surface area (Å²) in [5, 5.41) is 10.0. The Labute approximate surface area is 219 Å². The fourth-order valence-electron chi connectivity index (χ4n) is 4.13. The zero-order valence-electron chi connectivity index (χ0n) is 21.6. The number of alkyl halides is 3. The fraction of sp³-hybridized carbons (Fsp3) is 0.423. The van der Waals surface area contributed by atoms with Crippen LogP contribution in [0.2, 0.25) is 0 Å². The van der Waals surface area contributed by atoms with Gasteiger partial charge >= 0.3 is 12.2 Å². The van der Waals surface area contributed by atoms with E-state index in [1.165, 1.54) is 0 Å². The first-order chi connectivity index (χ1) is 18.0. The standard InChI is InChI=1S/C26H33F3N6O3/c1-4-30-25(38)33-22-10-7-18(26(27,28)29)13-21(22)24(37)31-14-23(36)32-19-11-12-35(16-19)15-17-5-8-20(9-6-17)34(2)3/h5-10,13,19H,4,11-12,14-16H2,1-3H3,(H,31,37)(H,32,36)(H2,30,33,38)/t19-/m0/s1. The molecule has 4 amide bonds. The smallest absolute Gasteiger partial charge is 0.378 e. The predicted octanol–water partition coefficient (Wildman–Crippen LogP) is 3.03. The molecule has 0 spiro atoms. The molecule has 1 atom stereocenters. The number of nitrogens with zero attached hydrogens (tertiary/aromatic N) is 2. The van der Waals surface area contributed by atoms with E-state index in [-0.39, 0.29) is 18.3 Å². The molecule has 9 nitrogen and oxygen atoms in total. The van der Waals surface area contributed by atoms with Crippen LogP contribution in [0, 0.1) is 0 Å². The van der Waals surface area contributed by atoms with E-state index in [0.717, 1.165) is 42.9 Å². The largest absolute Gasteiger partial charge is 0.416 e. The van der Waals surface area contributed by atoms with Gasteiger partial charge in [-0.1, -0.05) is 12.1 Å². The topological polar surface area (TPSA) is 106 Å². The van der Waals surface area contributed by atoms with Gasteiger partial charge in [0.05, 0.1) is 23.4 Å². The lowest BCUT2D eigenvalue weighted by atomic mass is 10.1. The third-order valence-electron chi connectivity index (χ3n) is 6.08. The molecule has 1 aliphatic rings. The molecule has 2 aromatic carbocycles. The summed E-state index contributed by atoms with van der Waals surface area (Å²) >= 11 is 0. The lowest BCUT2D eigenvalue weighted by Crippen LogP contribution is -2.43. The number of benzene rings is 2. The van der Waals surface area contributed by atoms with Crippen LogP contribution in [0.4, 0.5) is 29.3 Å². The molecular weight excluding hydrogens is 501 g/mol. The van der Waals surface area contributed by atoms with Crippen LogP contribution in [-0.4, -0.2) is 69.1 Å². The fourth-order valence-corrected chi connectivity index (χ4v) is 4.13. The van der Waals surface area contributed by atoms with Crippen molar-refractivity contribution in [2.75, 3.05) is 50.5 Å². The zero-order valence-corrected chi connectivity index (χ0v) is 21.6. The lowest BCUT2D eigenvalue weighted by Gasteiger charge is -2.18. The van der Waals surface area contributed by atoms with Gasteiger partial charge < -0.3 is 26.2 Å². The van der Waals surface area contributed by atoms with Crippen LogP contribution in [0.25, 0.3) is 0 Å². The number of likely N-dealkylation sites (tertiary alicyclic amines) is 1. The van der Waals surface area contributed by atoms with Crippen molar-refractivity contribution in [3.63, 3.8) is 0 Å². The Kier molecular flexibility index (Phi) is 9.56. The molecule has 3 rings (SSSR count). The second kappa shape index (κ2) is 12.6. The molecule has 2 aromatic rings. The molecule has 4 N–H and O–H groups in total. The van der Waals surface area contributed by atoms with E-state index in [4.69, 9.17) is 0 Å². The number of hydrogen-bond donors (Lipinski definition) is 4. The Balaban J connectivity index is 1.54. The van der Waals surface area contributed by atoms with Crippen molar-refractivity contribution in [2.24, 2.45) is 0 Å². The van der Waals surface area contributed by atoms with Crippen LogP contribution in [0.5, 0.6) is 0 Å². The van der Waals surface area contributed by atoms with E-state index in [2.05, 4.69) is 50.4 Å². The number of urea groups is 1. The maximum absolute atomic E-state index is 13.2. The first kappa shape index (κ1) is 28.8. The zero-order chi connectivity index (χ0) is 27.9. The number of amides is 4. The maximum atomic E-state index is 13.2. The molecule has 38 heavy (non-hydrogen) atoms. The minimum atomic E-state index is -4.68. The van der Waals surface area contributed by atoms with Crippen LogP contribution >= 0.6 is 0 Å². The minimum Gasteiger partial charge on any atom is -0.378 e. The highest BCUT2D eigenvalue weighted by Crippen LogP contribution is 2.32. The summed E-state index contributed by atoms with van der Waals surface area (Å²) in [5.74, 6) is -1.36. The van der Waals surface area contributed by atoms with E-state index in [1.807, 2.05) is 19.0 Å². The van der Waals surface area contributed by atoms with Crippen LogP contribution < -0.4 is 26.2 Å². The normalized spacial score (nSPS) is 15.6. The Bertz CT molecular complexity index is 1140. The number of hydrogen-bond acceptors (Lipinski definition) is 5.